The Morgan fingerprint density at radius 1 is 1.05 bits per heavy atom. The van der Waals surface area contributed by atoms with E-state index in [1.54, 1.807) is 36.8 Å². The minimum absolute atomic E-state index is 0.221. The molecule has 1 amide bonds. The van der Waals surface area contributed by atoms with Crippen molar-refractivity contribution in [3.8, 4) is 11.4 Å². The Balaban J connectivity index is 1.16. The van der Waals surface area contributed by atoms with Crippen LogP contribution in [0.1, 0.15) is 15.9 Å². The van der Waals surface area contributed by atoms with Crippen molar-refractivity contribution in [1.82, 2.24) is 23.9 Å². The van der Waals surface area contributed by atoms with Crippen LogP contribution in [-0.4, -0.2) is 29.8 Å². The maximum absolute atomic E-state index is 12.6. The number of amides is 1. The summed E-state index contributed by atoms with van der Waals surface area (Å²) in [5, 5.41) is 8.90. The molecule has 182 valence electrons. The summed E-state index contributed by atoms with van der Waals surface area (Å²) in [6, 6.07) is 18.5. The van der Waals surface area contributed by atoms with E-state index in [9.17, 15) is 4.79 Å². The number of pyridine rings is 1. The number of aromatic nitrogens is 5. The number of rotatable bonds is 7. The second-order valence-corrected chi connectivity index (χ2v) is 9.28. The van der Waals surface area contributed by atoms with E-state index < -0.39 is 0 Å². The second-order valence-electron chi connectivity index (χ2n) is 8.43. The van der Waals surface area contributed by atoms with Crippen molar-refractivity contribution in [2.75, 3.05) is 16.4 Å². The first-order chi connectivity index (χ1) is 18.1. The Morgan fingerprint density at radius 2 is 1.92 bits per heavy atom. The SMILES string of the molecule is Nc1ccccc1NC(=O)c1ccc(Nc2nc(-c3cnc4ccc(Cn5ccnc5)cn34)cs2)cc1. The van der Waals surface area contributed by atoms with Gasteiger partial charge in [-0.1, -0.05) is 18.2 Å². The molecule has 6 aromatic rings. The van der Waals surface area contributed by atoms with Crippen LogP contribution in [0.3, 0.4) is 0 Å². The van der Waals surface area contributed by atoms with Crippen LogP contribution in [0, 0.1) is 0 Å². The number of para-hydroxylation sites is 2. The van der Waals surface area contributed by atoms with Gasteiger partial charge < -0.3 is 20.9 Å². The predicted octanol–water partition coefficient (Wildman–Crippen LogP) is 5.28. The molecule has 0 saturated carbocycles. The van der Waals surface area contributed by atoms with Crippen molar-refractivity contribution in [1.29, 1.82) is 0 Å². The summed E-state index contributed by atoms with van der Waals surface area (Å²) in [7, 11) is 0. The molecule has 0 radical (unpaired) electrons. The lowest BCUT2D eigenvalue weighted by Gasteiger charge is -2.08. The van der Waals surface area contributed by atoms with Crippen molar-refractivity contribution in [3.05, 3.63) is 108 Å². The Labute approximate surface area is 216 Å². The van der Waals surface area contributed by atoms with Gasteiger partial charge in [0, 0.05) is 41.8 Å². The van der Waals surface area contributed by atoms with E-state index >= 15 is 0 Å². The largest absolute Gasteiger partial charge is 0.397 e. The van der Waals surface area contributed by atoms with Gasteiger partial charge in [-0.25, -0.2) is 15.0 Å². The highest BCUT2D eigenvalue weighted by Gasteiger charge is 2.12. The van der Waals surface area contributed by atoms with Crippen LogP contribution in [0.4, 0.5) is 22.2 Å². The third-order valence-electron chi connectivity index (χ3n) is 5.87. The highest BCUT2D eigenvalue weighted by atomic mass is 32.1. The molecule has 2 aromatic carbocycles. The van der Waals surface area contributed by atoms with E-state index in [1.165, 1.54) is 11.3 Å². The highest BCUT2D eigenvalue weighted by molar-refractivity contribution is 7.14. The van der Waals surface area contributed by atoms with E-state index in [4.69, 9.17) is 10.7 Å². The summed E-state index contributed by atoms with van der Waals surface area (Å²) in [5.74, 6) is -0.221. The van der Waals surface area contributed by atoms with Gasteiger partial charge in [-0.15, -0.1) is 11.3 Å². The molecule has 4 heterocycles. The van der Waals surface area contributed by atoms with Gasteiger partial charge >= 0.3 is 0 Å². The van der Waals surface area contributed by atoms with Crippen molar-refractivity contribution < 1.29 is 4.79 Å². The fourth-order valence-corrected chi connectivity index (χ4v) is 4.71. The lowest BCUT2D eigenvalue weighted by molar-refractivity contribution is 0.102. The molecule has 4 aromatic heterocycles. The van der Waals surface area contributed by atoms with E-state index in [2.05, 4.69) is 37.3 Å². The zero-order chi connectivity index (χ0) is 25.2. The molecule has 0 fully saturated rings. The van der Waals surface area contributed by atoms with E-state index in [-0.39, 0.29) is 5.91 Å². The van der Waals surface area contributed by atoms with E-state index in [0.717, 1.165) is 40.0 Å². The first-order valence-electron chi connectivity index (χ1n) is 11.5. The number of nitrogens with one attached hydrogen (secondary N) is 2. The smallest absolute Gasteiger partial charge is 0.255 e. The van der Waals surface area contributed by atoms with Crippen molar-refractivity contribution in [2.24, 2.45) is 0 Å². The molecule has 0 bridgehead atoms. The third-order valence-corrected chi connectivity index (χ3v) is 6.62. The summed E-state index contributed by atoms with van der Waals surface area (Å²) < 4.78 is 4.08. The number of imidazole rings is 2. The lowest BCUT2D eigenvalue weighted by Crippen LogP contribution is -2.13. The third kappa shape index (κ3) is 4.78. The molecule has 10 heteroatoms. The van der Waals surface area contributed by atoms with Gasteiger partial charge in [0.1, 0.15) is 11.3 Å². The molecule has 0 aliphatic heterocycles. The van der Waals surface area contributed by atoms with Crippen LogP contribution in [0.5, 0.6) is 0 Å². The van der Waals surface area contributed by atoms with Crippen LogP contribution >= 0.6 is 11.3 Å². The van der Waals surface area contributed by atoms with Gasteiger partial charge in [-0.05, 0) is 48.0 Å². The Morgan fingerprint density at radius 3 is 2.73 bits per heavy atom. The van der Waals surface area contributed by atoms with Crippen LogP contribution in [0.2, 0.25) is 0 Å². The molecular weight excluding hydrogens is 484 g/mol. The Kier molecular flexibility index (Phi) is 5.83. The molecule has 0 aliphatic rings. The number of carbonyl (C=O) groups is 1. The van der Waals surface area contributed by atoms with Gasteiger partial charge in [0.25, 0.3) is 5.91 Å². The lowest BCUT2D eigenvalue weighted by atomic mass is 10.2. The molecule has 9 nitrogen and oxygen atoms in total. The number of hydrogen-bond acceptors (Lipinski definition) is 7. The molecular formula is C27H22N8OS. The van der Waals surface area contributed by atoms with Gasteiger partial charge in [0.15, 0.2) is 5.13 Å². The van der Waals surface area contributed by atoms with Gasteiger partial charge in [0.05, 0.1) is 29.6 Å². The fourth-order valence-electron chi connectivity index (χ4n) is 3.98. The summed E-state index contributed by atoms with van der Waals surface area (Å²) in [4.78, 5) is 26.0. The number of nitrogens with zero attached hydrogens (tertiary/aromatic N) is 5. The standard InChI is InChI=1S/C27H22N8OS/c28-21-3-1-2-4-22(21)32-26(36)19-6-8-20(9-7-19)31-27-33-23(16-37-27)24-13-30-25-10-5-18(15-35(24)25)14-34-12-11-29-17-34/h1-13,15-17H,14,28H2,(H,31,33)(H,32,36). The van der Waals surface area contributed by atoms with Crippen molar-refractivity contribution in [2.45, 2.75) is 6.54 Å². The van der Waals surface area contributed by atoms with Gasteiger partial charge in [0.2, 0.25) is 0 Å². The van der Waals surface area contributed by atoms with Gasteiger partial charge in [-0.2, -0.15) is 0 Å². The first-order valence-corrected chi connectivity index (χ1v) is 12.4. The van der Waals surface area contributed by atoms with Gasteiger partial charge in [-0.3, -0.25) is 9.20 Å². The van der Waals surface area contributed by atoms with E-state index in [0.29, 0.717) is 16.9 Å². The molecule has 4 N–H and O–H groups in total. The number of hydrogen-bond donors (Lipinski definition) is 3. The van der Waals surface area contributed by atoms with Crippen LogP contribution < -0.4 is 16.4 Å². The summed E-state index contributed by atoms with van der Waals surface area (Å²) in [6.07, 6.45) is 9.43. The minimum Gasteiger partial charge on any atom is -0.397 e. The minimum atomic E-state index is -0.221. The fraction of sp³-hybridized carbons (Fsp3) is 0.0370. The first kappa shape index (κ1) is 22.5. The average molecular weight is 507 g/mol. The number of nitrogens with two attached hydrogens (primary N) is 1. The maximum Gasteiger partial charge on any atom is 0.255 e. The summed E-state index contributed by atoms with van der Waals surface area (Å²) >= 11 is 1.50. The monoisotopic (exact) mass is 506 g/mol. The average Bonchev–Trinajstić information content (AvgIpc) is 3.67. The van der Waals surface area contributed by atoms with Crippen molar-refractivity contribution >= 4 is 45.1 Å². The second kappa shape index (κ2) is 9.59. The zero-order valence-corrected chi connectivity index (χ0v) is 20.4. The Bertz CT molecular complexity index is 1690. The quantitative estimate of drug-likeness (QED) is 0.254. The molecule has 6 rings (SSSR count). The Hall–Kier alpha value is -4.96. The number of fused-ring (bicyclic) bond motifs is 1. The predicted molar refractivity (Wildman–Crippen MR) is 146 cm³/mol. The molecule has 0 spiro atoms. The topological polar surface area (TPSA) is 115 Å². The molecule has 0 unspecified atom stereocenters. The summed E-state index contributed by atoms with van der Waals surface area (Å²) in [6.45, 7) is 0.726. The molecule has 0 saturated heterocycles. The van der Waals surface area contributed by atoms with E-state index in [1.807, 2.05) is 52.7 Å². The number of anilines is 4. The van der Waals surface area contributed by atoms with Crippen LogP contribution in [-0.2, 0) is 6.54 Å². The maximum atomic E-state index is 12.6. The molecule has 37 heavy (non-hydrogen) atoms. The number of nitrogen functional groups attached to an aromatic ring is 1. The normalized spacial score (nSPS) is 11.0. The number of thiazole rings is 1. The van der Waals surface area contributed by atoms with Crippen LogP contribution in [0.25, 0.3) is 17.0 Å². The highest BCUT2D eigenvalue weighted by Crippen LogP contribution is 2.28. The van der Waals surface area contributed by atoms with Crippen molar-refractivity contribution in [3.63, 3.8) is 0 Å². The van der Waals surface area contributed by atoms with Crippen LogP contribution in [0.15, 0.2) is 97.2 Å². The zero-order valence-electron chi connectivity index (χ0n) is 19.6. The molecule has 0 aliphatic carbocycles. The number of carbonyl (C=O) groups excluding carboxylic acids is 1. The summed E-state index contributed by atoms with van der Waals surface area (Å²) in [5.41, 5.74) is 12.1. The molecule has 0 atom stereocenters. The number of benzene rings is 2.